The molecule has 0 radical (unpaired) electrons. The molecular weight excluding hydrogens is 348 g/mol. The minimum absolute atomic E-state index is 0.394. The smallest absolute Gasteiger partial charge is 0.119 e. The quantitative estimate of drug-likeness (QED) is 0.576. The summed E-state index contributed by atoms with van der Waals surface area (Å²) in [7, 11) is 0. The number of hydrogen-bond donors (Lipinski definition) is 2. The van der Waals surface area contributed by atoms with Gasteiger partial charge in [0.15, 0.2) is 0 Å². The summed E-state index contributed by atoms with van der Waals surface area (Å²) in [5.74, 6) is 0.892. The Morgan fingerprint density at radius 2 is 1.95 bits per heavy atom. The molecule has 21 heavy (non-hydrogen) atoms. The molecule has 5 heteroatoms. The Labute approximate surface area is 138 Å². The molecule has 2 aromatic carbocycles. The number of benzene rings is 2. The predicted octanol–water partition coefficient (Wildman–Crippen LogP) is 3.96. The summed E-state index contributed by atoms with van der Waals surface area (Å²) >= 11 is 8.51. The van der Waals surface area contributed by atoms with E-state index in [0.717, 1.165) is 34.4 Å². The monoisotopic (exact) mass is 364 g/mol. The van der Waals surface area contributed by atoms with Gasteiger partial charge in [0.05, 0.1) is 6.61 Å². The lowest BCUT2D eigenvalue weighted by Gasteiger charge is -2.12. The van der Waals surface area contributed by atoms with Crippen molar-refractivity contribution in [2.24, 2.45) is 5.73 Å². The van der Waals surface area contributed by atoms with Gasteiger partial charge in [0.1, 0.15) is 10.7 Å². The summed E-state index contributed by atoms with van der Waals surface area (Å²) in [6, 6.07) is 15.6. The summed E-state index contributed by atoms with van der Waals surface area (Å²) in [6.07, 6.45) is 0.887. The number of para-hydroxylation sites is 1. The van der Waals surface area contributed by atoms with Gasteiger partial charge in [-0.1, -0.05) is 46.3 Å². The maximum absolute atomic E-state index is 5.72. The molecule has 0 aliphatic carbocycles. The van der Waals surface area contributed by atoms with Gasteiger partial charge in [-0.3, -0.25) is 0 Å². The second kappa shape index (κ2) is 8.00. The maximum Gasteiger partial charge on any atom is 0.119 e. The zero-order valence-electron chi connectivity index (χ0n) is 11.5. The molecule has 0 unspecified atom stereocenters. The van der Waals surface area contributed by atoms with Crippen LogP contribution < -0.4 is 15.8 Å². The second-order valence-electron chi connectivity index (χ2n) is 4.50. The summed E-state index contributed by atoms with van der Waals surface area (Å²) in [6.45, 7) is 1.45. The largest absolute Gasteiger partial charge is 0.494 e. The van der Waals surface area contributed by atoms with Crippen molar-refractivity contribution in [2.45, 2.75) is 6.42 Å². The molecule has 0 saturated heterocycles. The van der Waals surface area contributed by atoms with Crippen LogP contribution in [0.5, 0.6) is 5.75 Å². The molecule has 0 bridgehead atoms. The fourth-order valence-electron chi connectivity index (χ4n) is 1.88. The van der Waals surface area contributed by atoms with Crippen LogP contribution in [-0.4, -0.2) is 18.1 Å². The lowest BCUT2D eigenvalue weighted by atomic mass is 10.1. The number of ether oxygens (including phenoxy) is 1. The molecule has 0 atom stereocenters. The van der Waals surface area contributed by atoms with Crippen LogP contribution in [0.4, 0.5) is 5.69 Å². The van der Waals surface area contributed by atoms with Gasteiger partial charge in [-0.2, -0.15) is 0 Å². The number of anilines is 1. The predicted molar refractivity (Wildman–Crippen MR) is 95.1 cm³/mol. The lowest BCUT2D eigenvalue weighted by Crippen LogP contribution is -2.14. The molecule has 3 N–H and O–H groups in total. The van der Waals surface area contributed by atoms with Crippen LogP contribution in [0.15, 0.2) is 53.0 Å². The fourth-order valence-corrected chi connectivity index (χ4v) is 2.42. The van der Waals surface area contributed by atoms with E-state index in [2.05, 4.69) is 21.2 Å². The molecule has 2 aromatic rings. The van der Waals surface area contributed by atoms with E-state index in [1.165, 1.54) is 0 Å². The van der Waals surface area contributed by atoms with Crippen molar-refractivity contribution in [1.29, 1.82) is 0 Å². The van der Waals surface area contributed by atoms with Crippen molar-refractivity contribution in [3.05, 3.63) is 58.6 Å². The first kappa shape index (κ1) is 15.8. The molecule has 0 aliphatic heterocycles. The van der Waals surface area contributed by atoms with Crippen molar-refractivity contribution >= 4 is 38.8 Å². The van der Waals surface area contributed by atoms with Gasteiger partial charge in [-0.25, -0.2) is 0 Å². The first-order chi connectivity index (χ1) is 10.2. The van der Waals surface area contributed by atoms with Crippen LogP contribution in [0, 0.1) is 0 Å². The highest BCUT2D eigenvalue weighted by Crippen LogP contribution is 2.21. The average Bonchev–Trinajstić information content (AvgIpc) is 2.48. The normalized spacial score (nSPS) is 10.1. The molecule has 2 rings (SSSR count). The Hall–Kier alpha value is -1.59. The van der Waals surface area contributed by atoms with Gasteiger partial charge >= 0.3 is 0 Å². The molecule has 0 fully saturated rings. The van der Waals surface area contributed by atoms with Crippen molar-refractivity contribution in [3.8, 4) is 5.75 Å². The van der Waals surface area contributed by atoms with Crippen LogP contribution in [0.3, 0.4) is 0 Å². The van der Waals surface area contributed by atoms with Gasteiger partial charge in [-0.15, -0.1) is 0 Å². The molecule has 110 valence electrons. The summed E-state index contributed by atoms with van der Waals surface area (Å²) in [4.78, 5) is 0.394. The van der Waals surface area contributed by atoms with E-state index in [-0.39, 0.29) is 0 Å². The third-order valence-corrected chi connectivity index (χ3v) is 3.61. The highest BCUT2D eigenvalue weighted by atomic mass is 79.9. The Morgan fingerprint density at radius 3 is 2.67 bits per heavy atom. The molecule has 0 spiro atoms. The summed E-state index contributed by atoms with van der Waals surface area (Å²) in [5, 5.41) is 3.34. The van der Waals surface area contributed by atoms with E-state index in [0.29, 0.717) is 11.6 Å². The highest BCUT2D eigenvalue weighted by Gasteiger charge is 2.05. The third-order valence-electron chi connectivity index (χ3n) is 2.90. The first-order valence-corrected chi connectivity index (χ1v) is 7.88. The number of nitrogens with two attached hydrogens (primary N) is 1. The van der Waals surface area contributed by atoms with E-state index in [4.69, 9.17) is 22.7 Å². The van der Waals surface area contributed by atoms with Gasteiger partial charge in [0, 0.05) is 22.3 Å². The van der Waals surface area contributed by atoms with E-state index in [9.17, 15) is 0 Å². The zero-order chi connectivity index (χ0) is 15.1. The summed E-state index contributed by atoms with van der Waals surface area (Å²) < 4.78 is 6.64. The second-order valence-corrected chi connectivity index (χ2v) is 5.85. The van der Waals surface area contributed by atoms with Crippen molar-refractivity contribution < 1.29 is 4.74 Å². The van der Waals surface area contributed by atoms with Gasteiger partial charge < -0.3 is 15.8 Å². The maximum atomic E-state index is 5.72. The van der Waals surface area contributed by atoms with Crippen LogP contribution >= 0.6 is 28.1 Å². The average molecular weight is 365 g/mol. The Kier molecular flexibility index (Phi) is 6.02. The number of hydrogen-bond acceptors (Lipinski definition) is 3. The Balaban J connectivity index is 1.81. The van der Waals surface area contributed by atoms with Crippen LogP contribution in [0.1, 0.15) is 12.0 Å². The molecule has 3 nitrogen and oxygen atoms in total. The molecular formula is C16H17BrN2OS. The third kappa shape index (κ3) is 5.02. The number of nitrogens with one attached hydrogen (secondary N) is 1. The molecule has 0 saturated carbocycles. The van der Waals surface area contributed by atoms with Gasteiger partial charge in [0.2, 0.25) is 0 Å². The molecule has 0 heterocycles. The highest BCUT2D eigenvalue weighted by molar-refractivity contribution is 9.10. The SMILES string of the molecule is NC(=S)c1ccc(Br)cc1NCCCOc1ccccc1. The van der Waals surface area contributed by atoms with E-state index >= 15 is 0 Å². The van der Waals surface area contributed by atoms with Crippen molar-refractivity contribution in [2.75, 3.05) is 18.5 Å². The van der Waals surface area contributed by atoms with E-state index < -0.39 is 0 Å². The minimum Gasteiger partial charge on any atom is -0.494 e. The lowest BCUT2D eigenvalue weighted by molar-refractivity contribution is 0.315. The minimum atomic E-state index is 0.394. The molecule has 0 amide bonds. The van der Waals surface area contributed by atoms with Gasteiger partial charge in [0.25, 0.3) is 0 Å². The van der Waals surface area contributed by atoms with Gasteiger partial charge in [-0.05, 0) is 36.8 Å². The first-order valence-electron chi connectivity index (χ1n) is 6.68. The van der Waals surface area contributed by atoms with E-state index in [1.807, 2.05) is 48.5 Å². The zero-order valence-corrected chi connectivity index (χ0v) is 13.9. The van der Waals surface area contributed by atoms with E-state index in [1.54, 1.807) is 0 Å². The van der Waals surface area contributed by atoms with Crippen molar-refractivity contribution in [1.82, 2.24) is 0 Å². The number of thiocarbonyl (C=S) groups is 1. The van der Waals surface area contributed by atoms with Crippen molar-refractivity contribution in [3.63, 3.8) is 0 Å². The van der Waals surface area contributed by atoms with Crippen LogP contribution in [0.25, 0.3) is 0 Å². The Bertz CT molecular complexity index is 604. The number of rotatable bonds is 7. The topological polar surface area (TPSA) is 47.3 Å². The standard InChI is InChI=1S/C16H17BrN2OS/c17-12-7-8-14(16(18)21)15(11-12)19-9-4-10-20-13-5-2-1-3-6-13/h1-3,5-8,11,19H,4,9-10H2,(H2,18,21). The van der Waals surface area contributed by atoms with Crippen LogP contribution in [-0.2, 0) is 0 Å². The molecule has 0 aromatic heterocycles. The summed E-state index contributed by atoms with van der Waals surface area (Å²) in [5.41, 5.74) is 7.52. The molecule has 0 aliphatic rings. The Morgan fingerprint density at radius 1 is 1.19 bits per heavy atom. The number of halogens is 1. The van der Waals surface area contributed by atoms with Crippen LogP contribution in [0.2, 0.25) is 0 Å². The fraction of sp³-hybridized carbons (Fsp3) is 0.188.